The number of hydrogen-bond donors (Lipinski definition) is 1. The van der Waals surface area contributed by atoms with Crippen molar-refractivity contribution in [2.45, 2.75) is 57.0 Å². The Balaban J connectivity index is 1.56. The summed E-state index contributed by atoms with van der Waals surface area (Å²) in [6.07, 6.45) is 6.30. The maximum Gasteiger partial charge on any atom is 0.240 e. The highest BCUT2D eigenvalue weighted by atomic mass is 32.2. The molecular formula is C23H28N4O3S. The minimum atomic E-state index is -3.67. The van der Waals surface area contributed by atoms with E-state index in [1.807, 2.05) is 42.8 Å². The number of nitrogens with one attached hydrogen (secondary N) is 1. The topological polar surface area (TPSA) is 86.1 Å². The number of rotatable bonds is 8. The van der Waals surface area contributed by atoms with Crippen molar-refractivity contribution in [3.63, 3.8) is 0 Å². The van der Waals surface area contributed by atoms with Gasteiger partial charge in [0.05, 0.1) is 41.2 Å². The lowest BCUT2D eigenvalue weighted by molar-refractivity contribution is 0.337. The van der Waals surface area contributed by atoms with Crippen LogP contribution in [0.5, 0.6) is 5.75 Å². The van der Waals surface area contributed by atoms with Gasteiger partial charge >= 0.3 is 0 Å². The molecule has 2 aromatic heterocycles. The first-order valence-electron chi connectivity index (χ1n) is 10.7. The van der Waals surface area contributed by atoms with Gasteiger partial charge in [-0.05, 0) is 68.7 Å². The average molecular weight is 441 g/mol. The zero-order valence-corrected chi connectivity index (χ0v) is 18.7. The van der Waals surface area contributed by atoms with Gasteiger partial charge in [0.1, 0.15) is 5.75 Å². The van der Waals surface area contributed by atoms with Gasteiger partial charge < -0.3 is 4.74 Å². The number of hydrogen-bond acceptors (Lipinski definition) is 5. The van der Waals surface area contributed by atoms with Crippen molar-refractivity contribution in [1.82, 2.24) is 19.5 Å². The van der Waals surface area contributed by atoms with Crippen LogP contribution in [0, 0.1) is 6.92 Å². The molecule has 1 saturated carbocycles. The summed E-state index contributed by atoms with van der Waals surface area (Å²) >= 11 is 0. The molecule has 0 bridgehead atoms. The van der Waals surface area contributed by atoms with Crippen molar-refractivity contribution >= 4 is 10.0 Å². The number of sulfonamides is 1. The van der Waals surface area contributed by atoms with Crippen LogP contribution in [-0.2, 0) is 16.6 Å². The molecule has 1 fully saturated rings. The molecule has 2 heterocycles. The Morgan fingerprint density at radius 1 is 1.16 bits per heavy atom. The Bertz CT molecular complexity index is 1140. The van der Waals surface area contributed by atoms with Gasteiger partial charge in [0.25, 0.3) is 0 Å². The number of benzene rings is 1. The molecule has 1 aromatic carbocycles. The zero-order chi connectivity index (χ0) is 21.8. The van der Waals surface area contributed by atoms with E-state index in [2.05, 4.69) is 9.71 Å². The maximum absolute atomic E-state index is 12.8. The van der Waals surface area contributed by atoms with Crippen molar-refractivity contribution < 1.29 is 13.2 Å². The average Bonchev–Trinajstić information content (AvgIpc) is 3.44. The third-order valence-electron chi connectivity index (χ3n) is 5.58. The van der Waals surface area contributed by atoms with Gasteiger partial charge in [0.2, 0.25) is 10.0 Å². The first kappa shape index (κ1) is 21.5. The first-order chi connectivity index (χ1) is 15.0. The second-order valence-electron chi connectivity index (χ2n) is 7.80. The second-order valence-corrected chi connectivity index (χ2v) is 9.57. The summed E-state index contributed by atoms with van der Waals surface area (Å²) in [4.78, 5) is 4.69. The van der Waals surface area contributed by atoms with E-state index in [4.69, 9.17) is 9.84 Å². The fourth-order valence-electron chi connectivity index (χ4n) is 4.02. The third kappa shape index (κ3) is 4.80. The van der Waals surface area contributed by atoms with Crippen LogP contribution in [-0.4, -0.2) is 29.8 Å². The van der Waals surface area contributed by atoms with E-state index in [1.165, 1.54) is 12.8 Å². The summed E-state index contributed by atoms with van der Waals surface area (Å²) in [6, 6.07) is 12.9. The molecule has 0 amide bonds. The molecule has 0 unspecified atom stereocenters. The first-order valence-corrected chi connectivity index (χ1v) is 12.2. The smallest absolute Gasteiger partial charge is 0.240 e. The van der Waals surface area contributed by atoms with Crippen LogP contribution in [0.25, 0.3) is 11.4 Å². The van der Waals surface area contributed by atoms with Crippen LogP contribution in [0.15, 0.2) is 53.6 Å². The molecule has 1 N–H and O–H groups in total. The van der Waals surface area contributed by atoms with Crippen molar-refractivity contribution in [3.8, 4) is 17.1 Å². The lowest BCUT2D eigenvalue weighted by Gasteiger charge is -2.13. The molecule has 0 aliphatic heterocycles. The highest BCUT2D eigenvalue weighted by molar-refractivity contribution is 7.89. The predicted molar refractivity (Wildman–Crippen MR) is 119 cm³/mol. The van der Waals surface area contributed by atoms with E-state index in [0.717, 1.165) is 29.8 Å². The van der Waals surface area contributed by atoms with Crippen LogP contribution >= 0.6 is 0 Å². The zero-order valence-electron chi connectivity index (χ0n) is 17.9. The van der Waals surface area contributed by atoms with Crippen LogP contribution in [0.1, 0.15) is 49.9 Å². The highest BCUT2D eigenvalue weighted by Crippen LogP contribution is 2.33. The normalized spacial score (nSPS) is 14.8. The molecule has 1 aliphatic rings. The maximum atomic E-state index is 12.8. The molecule has 31 heavy (non-hydrogen) atoms. The minimum Gasteiger partial charge on any atom is -0.494 e. The number of aromatic nitrogens is 3. The molecule has 1 aliphatic carbocycles. The molecule has 8 heteroatoms. The second kappa shape index (κ2) is 9.20. The molecule has 0 spiro atoms. The Hall–Kier alpha value is -2.71. The van der Waals surface area contributed by atoms with Gasteiger partial charge in [-0.1, -0.05) is 18.9 Å². The Kier molecular flexibility index (Phi) is 6.38. The van der Waals surface area contributed by atoms with Crippen LogP contribution in [0.4, 0.5) is 0 Å². The number of aryl methyl sites for hydroxylation is 1. The van der Waals surface area contributed by atoms with Gasteiger partial charge in [-0.15, -0.1) is 0 Å². The van der Waals surface area contributed by atoms with E-state index in [0.29, 0.717) is 24.1 Å². The van der Waals surface area contributed by atoms with Gasteiger partial charge in [0, 0.05) is 6.20 Å². The molecule has 3 aromatic rings. The lowest BCUT2D eigenvalue weighted by atomic mass is 10.2. The fraction of sp³-hybridized carbons (Fsp3) is 0.391. The molecule has 7 nitrogen and oxygen atoms in total. The molecule has 0 atom stereocenters. The van der Waals surface area contributed by atoms with Crippen molar-refractivity contribution in [2.24, 2.45) is 0 Å². The van der Waals surface area contributed by atoms with Crippen molar-refractivity contribution in [2.75, 3.05) is 6.61 Å². The summed E-state index contributed by atoms with van der Waals surface area (Å²) in [7, 11) is -3.67. The molecule has 164 valence electrons. The van der Waals surface area contributed by atoms with Crippen LogP contribution in [0.3, 0.4) is 0 Å². The summed E-state index contributed by atoms with van der Waals surface area (Å²) in [5.74, 6) is 0.691. The fourth-order valence-corrected chi connectivity index (χ4v) is 5.11. The van der Waals surface area contributed by atoms with Gasteiger partial charge in [-0.25, -0.2) is 13.1 Å². The number of pyridine rings is 1. The predicted octanol–water partition coefficient (Wildman–Crippen LogP) is 4.25. The van der Waals surface area contributed by atoms with Gasteiger partial charge in [0.15, 0.2) is 0 Å². The molecule has 0 saturated heterocycles. The number of ether oxygens (including phenoxy) is 1. The van der Waals surface area contributed by atoms with E-state index >= 15 is 0 Å². The number of nitrogens with zero attached hydrogens (tertiary/aromatic N) is 3. The van der Waals surface area contributed by atoms with E-state index < -0.39 is 10.0 Å². The lowest BCUT2D eigenvalue weighted by Crippen LogP contribution is -2.23. The highest BCUT2D eigenvalue weighted by Gasteiger charge is 2.23. The monoisotopic (exact) mass is 440 g/mol. The summed E-state index contributed by atoms with van der Waals surface area (Å²) in [5.41, 5.74) is 3.24. The standard InChI is InChI=1S/C23H28N4O3S/c1-3-30-23-12-11-20(14-17(23)2)31(28,29)25-16-18-15-22(21-10-6-7-13-24-21)27(26-18)19-8-4-5-9-19/h6-7,10-15,19,25H,3-5,8-9,16H2,1-2H3. The van der Waals surface area contributed by atoms with Crippen molar-refractivity contribution in [3.05, 3.63) is 59.9 Å². The van der Waals surface area contributed by atoms with E-state index in [1.54, 1.807) is 24.4 Å². The molecule has 0 radical (unpaired) electrons. The molecule has 4 rings (SSSR count). The summed E-state index contributed by atoms with van der Waals surface area (Å²) in [6.45, 7) is 4.39. The molecular weight excluding hydrogens is 412 g/mol. The summed E-state index contributed by atoms with van der Waals surface area (Å²) < 4.78 is 35.9. The largest absolute Gasteiger partial charge is 0.494 e. The summed E-state index contributed by atoms with van der Waals surface area (Å²) in [5, 5.41) is 4.75. The van der Waals surface area contributed by atoms with Crippen LogP contribution in [0.2, 0.25) is 0 Å². The minimum absolute atomic E-state index is 0.119. The quantitative estimate of drug-likeness (QED) is 0.566. The van der Waals surface area contributed by atoms with Gasteiger partial charge in [-0.3, -0.25) is 9.67 Å². The van der Waals surface area contributed by atoms with Crippen LogP contribution < -0.4 is 9.46 Å². The Labute approximate surface area is 183 Å². The SMILES string of the molecule is CCOc1ccc(S(=O)(=O)NCc2cc(-c3ccccn3)n(C3CCCC3)n2)cc1C. The Morgan fingerprint density at radius 2 is 1.97 bits per heavy atom. The van der Waals surface area contributed by atoms with E-state index in [9.17, 15) is 8.42 Å². The van der Waals surface area contributed by atoms with E-state index in [-0.39, 0.29) is 11.4 Å². The Morgan fingerprint density at radius 3 is 2.65 bits per heavy atom. The van der Waals surface area contributed by atoms with Crippen molar-refractivity contribution in [1.29, 1.82) is 0 Å². The van der Waals surface area contributed by atoms with Gasteiger partial charge in [-0.2, -0.15) is 5.10 Å². The third-order valence-corrected chi connectivity index (χ3v) is 6.98.